The second-order valence-corrected chi connectivity index (χ2v) is 6.89. The van der Waals surface area contributed by atoms with Crippen LogP contribution in [0.3, 0.4) is 0 Å². The average Bonchev–Trinajstić information content (AvgIpc) is 2.49. The fraction of sp³-hybridized carbons (Fsp3) is 0.625. The molecule has 0 amide bonds. The molecule has 0 bridgehead atoms. The van der Waals surface area contributed by atoms with Crippen molar-refractivity contribution in [1.82, 2.24) is 0 Å². The van der Waals surface area contributed by atoms with Crippen molar-refractivity contribution in [3.8, 4) is 0 Å². The van der Waals surface area contributed by atoms with Gasteiger partial charge in [-0.3, -0.25) is 0 Å². The highest BCUT2D eigenvalue weighted by Crippen LogP contribution is 2.55. The van der Waals surface area contributed by atoms with Crippen LogP contribution in [0.15, 0.2) is 24.3 Å². The Labute approximate surface area is 153 Å². The second-order valence-electron chi connectivity index (χ2n) is 6.89. The van der Waals surface area contributed by atoms with Crippen molar-refractivity contribution >= 4 is 0 Å². The largest absolute Gasteiger partial charge is 0.460 e. The normalized spacial score (nSPS) is 15.6. The van der Waals surface area contributed by atoms with E-state index in [4.69, 9.17) is 0 Å². The van der Waals surface area contributed by atoms with Crippen LogP contribution in [0, 0.1) is 5.82 Å². The van der Waals surface area contributed by atoms with Crippen molar-refractivity contribution in [2.24, 2.45) is 0 Å². The van der Waals surface area contributed by atoms with E-state index < -0.39 is 53.5 Å². The third-order valence-corrected chi connectivity index (χ3v) is 3.29. The summed E-state index contributed by atoms with van der Waals surface area (Å²) in [7, 11) is 0. The van der Waals surface area contributed by atoms with E-state index in [1.807, 2.05) is 0 Å². The Morgan fingerprint density at radius 1 is 0.857 bits per heavy atom. The van der Waals surface area contributed by atoms with Gasteiger partial charge in [0.25, 0.3) is 0 Å². The monoisotopic (exact) mass is 430 g/mol. The molecule has 0 saturated heterocycles. The first-order chi connectivity index (χ1) is 12.3. The number of hydrogen-bond acceptors (Lipinski definition) is 2. The van der Waals surface area contributed by atoms with Crippen LogP contribution in [0.1, 0.15) is 38.9 Å². The van der Waals surface area contributed by atoms with Gasteiger partial charge >= 0.3 is 23.9 Å². The Morgan fingerprint density at radius 3 is 1.82 bits per heavy atom. The van der Waals surface area contributed by atoms with E-state index in [0.29, 0.717) is 6.07 Å². The van der Waals surface area contributed by atoms with E-state index >= 15 is 0 Å². The van der Waals surface area contributed by atoms with Gasteiger partial charge in [0, 0.05) is 0 Å². The van der Waals surface area contributed by atoms with Gasteiger partial charge in [0.1, 0.15) is 11.9 Å². The standard InChI is InChI=1S/C16H16F10O2/c1-12(2,3)28-27-11(9-5-4-6-10(17)7-9)8-13(18,19)14(20,21)15(22,23)16(24,25)26/h4-7,11H,8H2,1-3H3. The molecule has 162 valence electrons. The lowest BCUT2D eigenvalue weighted by atomic mass is 9.95. The SMILES string of the molecule is CC(C)(C)OOC(CC(F)(F)C(F)(F)C(F)(F)C(F)(F)F)c1cccc(F)c1. The van der Waals surface area contributed by atoms with Crippen LogP contribution in [0.2, 0.25) is 0 Å². The number of benzene rings is 1. The Morgan fingerprint density at radius 2 is 1.39 bits per heavy atom. The predicted molar refractivity (Wildman–Crippen MR) is 76.6 cm³/mol. The number of rotatable bonds is 7. The predicted octanol–water partition coefficient (Wildman–Crippen LogP) is 6.47. The van der Waals surface area contributed by atoms with E-state index in [9.17, 15) is 43.9 Å². The molecule has 0 fully saturated rings. The van der Waals surface area contributed by atoms with Gasteiger partial charge < -0.3 is 0 Å². The highest BCUT2D eigenvalue weighted by molar-refractivity contribution is 5.20. The third kappa shape index (κ3) is 5.28. The zero-order valence-electron chi connectivity index (χ0n) is 14.7. The quantitative estimate of drug-likeness (QED) is 0.280. The van der Waals surface area contributed by atoms with Gasteiger partial charge in [0.15, 0.2) is 0 Å². The van der Waals surface area contributed by atoms with Crippen molar-refractivity contribution < 1.29 is 53.7 Å². The summed E-state index contributed by atoms with van der Waals surface area (Å²) in [5.74, 6) is -20.8. The molecular formula is C16H16F10O2. The van der Waals surface area contributed by atoms with Gasteiger partial charge in [-0.15, -0.1) is 0 Å². The van der Waals surface area contributed by atoms with Crippen LogP contribution in [-0.2, 0) is 9.78 Å². The van der Waals surface area contributed by atoms with E-state index in [0.717, 1.165) is 18.2 Å². The molecule has 0 radical (unpaired) electrons. The molecule has 2 nitrogen and oxygen atoms in total. The zero-order chi connectivity index (χ0) is 22.2. The Bertz CT molecular complexity index is 664. The molecular weight excluding hydrogens is 414 g/mol. The van der Waals surface area contributed by atoms with Gasteiger partial charge in [-0.25, -0.2) is 14.2 Å². The molecule has 0 heterocycles. The number of halogens is 10. The van der Waals surface area contributed by atoms with E-state index in [1.165, 1.54) is 20.8 Å². The molecule has 0 saturated carbocycles. The van der Waals surface area contributed by atoms with Crippen LogP contribution in [0.5, 0.6) is 0 Å². The summed E-state index contributed by atoms with van der Waals surface area (Å²) >= 11 is 0. The van der Waals surface area contributed by atoms with Crippen molar-refractivity contribution in [3.63, 3.8) is 0 Å². The molecule has 1 unspecified atom stereocenters. The van der Waals surface area contributed by atoms with E-state index in [1.54, 1.807) is 0 Å². The maximum absolute atomic E-state index is 13.9. The molecule has 1 atom stereocenters. The fourth-order valence-electron chi connectivity index (χ4n) is 1.89. The van der Waals surface area contributed by atoms with Gasteiger partial charge in [-0.2, -0.15) is 39.5 Å². The summed E-state index contributed by atoms with van der Waals surface area (Å²) in [6, 6.07) is 3.32. The molecule has 1 aromatic carbocycles. The Kier molecular flexibility index (Phi) is 6.73. The minimum absolute atomic E-state index is 0.532. The summed E-state index contributed by atoms with van der Waals surface area (Å²) in [5.41, 5.74) is -1.73. The van der Waals surface area contributed by atoms with Crippen LogP contribution < -0.4 is 0 Å². The smallest absolute Gasteiger partial charge is 0.230 e. The molecule has 0 spiro atoms. The molecule has 1 aromatic rings. The topological polar surface area (TPSA) is 18.5 Å². The molecule has 28 heavy (non-hydrogen) atoms. The van der Waals surface area contributed by atoms with E-state index in [-0.39, 0.29) is 0 Å². The molecule has 0 aliphatic heterocycles. The summed E-state index contributed by atoms with van der Waals surface area (Å²) in [4.78, 5) is 9.26. The van der Waals surface area contributed by atoms with Crippen LogP contribution in [-0.4, -0.2) is 29.5 Å². The molecule has 0 aromatic heterocycles. The molecule has 12 heteroatoms. The average molecular weight is 430 g/mol. The third-order valence-electron chi connectivity index (χ3n) is 3.29. The summed E-state index contributed by atoms with van der Waals surface area (Å²) in [6.07, 6.45) is -11.6. The minimum Gasteiger partial charge on any atom is -0.230 e. The lowest BCUT2D eigenvalue weighted by Crippen LogP contribution is -2.61. The highest BCUT2D eigenvalue weighted by Gasteiger charge is 2.81. The summed E-state index contributed by atoms with van der Waals surface area (Å²) < 4.78 is 131. The first-order valence-corrected chi connectivity index (χ1v) is 7.62. The van der Waals surface area contributed by atoms with Crippen molar-refractivity contribution in [2.45, 2.75) is 62.8 Å². The van der Waals surface area contributed by atoms with Gasteiger partial charge in [-0.1, -0.05) is 12.1 Å². The molecule has 1 rings (SSSR count). The maximum Gasteiger partial charge on any atom is 0.460 e. The first-order valence-electron chi connectivity index (χ1n) is 7.62. The zero-order valence-corrected chi connectivity index (χ0v) is 14.7. The number of alkyl halides is 9. The van der Waals surface area contributed by atoms with Crippen molar-refractivity contribution in [2.75, 3.05) is 0 Å². The second kappa shape index (κ2) is 7.69. The minimum atomic E-state index is -7.03. The lowest BCUT2D eigenvalue weighted by Gasteiger charge is -2.35. The Hall–Kier alpha value is -1.56. The first kappa shape index (κ1) is 24.5. The molecule has 0 aliphatic rings. The summed E-state index contributed by atoms with van der Waals surface area (Å²) in [5, 5.41) is 0. The highest BCUT2D eigenvalue weighted by atomic mass is 19.4. The lowest BCUT2D eigenvalue weighted by molar-refractivity contribution is -0.413. The fourth-order valence-corrected chi connectivity index (χ4v) is 1.89. The molecule has 0 aliphatic carbocycles. The van der Waals surface area contributed by atoms with Crippen LogP contribution >= 0.6 is 0 Å². The van der Waals surface area contributed by atoms with Crippen molar-refractivity contribution in [1.29, 1.82) is 0 Å². The van der Waals surface area contributed by atoms with Gasteiger partial charge in [0.05, 0.1) is 12.0 Å². The maximum atomic E-state index is 13.9. The Balaban J connectivity index is 3.28. The van der Waals surface area contributed by atoms with Crippen LogP contribution in [0.25, 0.3) is 0 Å². The number of hydrogen-bond donors (Lipinski definition) is 0. The van der Waals surface area contributed by atoms with Crippen molar-refractivity contribution in [3.05, 3.63) is 35.6 Å². The van der Waals surface area contributed by atoms with Crippen LogP contribution in [0.4, 0.5) is 43.9 Å². The van der Waals surface area contributed by atoms with Gasteiger partial charge in [0.2, 0.25) is 0 Å². The summed E-state index contributed by atoms with van der Waals surface area (Å²) in [6.45, 7) is 4.04. The molecule has 0 N–H and O–H groups in total. The van der Waals surface area contributed by atoms with E-state index in [2.05, 4.69) is 9.78 Å². The van der Waals surface area contributed by atoms with Gasteiger partial charge in [-0.05, 0) is 38.5 Å².